The fourth-order valence-corrected chi connectivity index (χ4v) is 2.46. The molecule has 3 aromatic rings. The van der Waals surface area contributed by atoms with E-state index in [0.29, 0.717) is 11.3 Å². The summed E-state index contributed by atoms with van der Waals surface area (Å²) >= 11 is 0. The number of carbonyl (C=O) groups is 1. The number of aromatic nitrogens is 3. The average molecular weight is 326 g/mol. The van der Waals surface area contributed by atoms with Crippen LogP contribution in [0, 0.1) is 6.92 Å². The summed E-state index contributed by atoms with van der Waals surface area (Å²) in [5, 5.41) is 22.0. The van der Waals surface area contributed by atoms with E-state index in [1.807, 2.05) is 37.3 Å². The molecule has 0 fully saturated rings. The first-order valence-corrected chi connectivity index (χ1v) is 7.49. The van der Waals surface area contributed by atoms with Crippen LogP contribution < -0.4 is 5.32 Å². The maximum absolute atomic E-state index is 11.5. The van der Waals surface area contributed by atoms with E-state index in [2.05, 4.69) is 15.5 Å². The number of hydrogen-bond acceptors (Lipinski definition) is 5. The molecule has 0 aliphatic rings. The van der Waals surface area contributed by atoms with Gasteiger partial charge in [-0.25, -0.2) is 0 Å². The van der Waals surface area contributed by atoms with Gasteiger partial charge in [0.25, 0.3) is 0 Å². The number of aromatic hydroxyl groups is 1. The summed E-state index contributed by atoms with van der Waals surface area (Å²) in [6.07, 6.45) is 0. The van der Waals surface area contributed by atoms with E-state index in [0.717, 1.165) is 16.6 Å². The third-order valence-electron chi connectivity index (χ3n) is 3.57. The Kier molecular flexibility index (Phi) is 4.43. The molecule has 1 aromatic heterocycles. The quantitative estimate of drug-likeness (QED) is 0.745. The number of nitrogens with one attached hydrogen (secondary N) is 1. The molecular formula is C17H18N4O3. The molecule has 0 saturated heterocycles. The molecule has 0 aliphatic carbocycles. The van der Waals surface area contributed by atoms with Gasteiger partial charge in [0.2, 0.25) is 5.91 Å². The van der Waals surface area contributed by atoms with E-state index >= 15 is 0 Å². The molecule has 0 atom stereocenters. The van der Waals surface area contributed by atoms with Crippen LogP contribution in [0.2, 0.25) is 0 Å². The second-order valence-electron chi connectivity index (χ2n) is 5.48. The second kappa shape index (κ2) is 6.67. The predicted molar refractivity (Wildman–Crippen MR) is 89.0 cm³/mol. The normalized spacial score (nSPS) is 10.9. The zero-order valence-electron chi connectivity index (χ0n) is 13.5. The number of hydrogen-bond donors (Lipinski definition) is 2. The lowest BCUT2D eigenvalue weighted by Gasteiger charge is -2.11. The number of benzene rings is 2. The minimum absolute atomic E-state index is 0.0223. The number of carbonyl (C=O) groups excluding carboxylic acids is 1. The maximum atomic E-state index is 11.5. The fraction of sp³-hybridized carbons (Fsp3) is 0.235. The van der Waals surface area contributed by atoms with E-state index in [4.69, 9.17) is 4.74 Å². The van der Waals surface area contributed by atoms with E-state index in [1.54, 1.807) is 6.07 Å². The first kappa shape index (κ1) is 15.9. The lowest BCUT2D eigenvalue weighted by molar-refractivity contribution is -0.124. The molecule has 2 N–H and O–H groups in total. The summed E-state index contributed by atoms with van der Waals surface area (Å²) in [5.41, 5.74) is 3.49. The molecule has 24 heavy (non-hydrogen) atoms. The molecule has 0 radical (unpaired) electrons. The van der Waals surface area contributed by atoms with Crippen molar-refractivity contribution in [3.05, 3.63) is 47.5 Å². The highest BCUT2D eigenvalue weighted by Gasteiger charge is 2.14. The van der Waals surface area contributed by atoms with Crippen LogP contribution in [0.25, 0.3) is 16.7 Å². The smallest absolute Gasteiger partial charge is 0.246 e. The molecule has 7 heteroatoms. The van der Waals surface area contributed by atoms with Gasteiger partial charge >= 0.3 is 0 Å². The monoisotopic (exact) mass is 326 g/mol. The van der Waals surface area contributed by atoms with Gasteiger partial charge in [-0.05, 0) is 30.7 Å². The molecular weight excluding hydrogens is 308 g/mol. The fourth-order valence-electron chi connectivity index (χ4n) is 2.46. The number of phenolic OH excluding ortho intramolecular Hbond substituents is 1. The summed E-state index contributed by atoms with van der Waals surface area (Å²) in [4.78, 5) is 12.9. The average Bonchev–Trinajstić information content (AvgIpc) is 2.99. The molecule has 1 heterocycles. The minimum Gasteiger partial charge on any atom is -0.505 e. The van der Waals surface area contributed by atoms with E-state index in [-0.39, 0.29) is 24.8 Å². The lowest BCUT2D eigenvalue weighted by Crippen LogP contribution is -2.26. The Morgan fingerprint density at radius 3 is 2.54 bits per heavy atom. The van der Waals surface area contributed by atoms with Gasteiger partial charge in [-0.15, -0.1) is 15.0 Å². The summed E-state index contributed by atoms with van der Waals surface area (Å²) in [7, 11) is 1.45. The first-order chi connectivity index (χ1) is 11.6. The van der Waals surface area contributed by atoms with Gasteiger partial charge in [-0.2, -0.15) is 0 Å². The van der Waals surface area contributed by atoms with Crippen LogP contribution in [-0.4, -0.2) is 39.7 Å². The van der Waals surface area contributed by atoms with Crippen LogP contribution in [0.3, 0.4) is 0 Å². The molecule has 2 aromatic carbocycles. The predicted octanol–water partition coefficient (Wildman–Crippen LogP) is 1.70. The summed E-state index contributed by atoms with van der Waals surface area (Å²) in [5.74, 6) is -0.207. The Hall–Kier alpha value is -2.93. The van der Waals surface area contributed by atoms with Gasteiger partial charge < -0.3 is 15.2 Å². The number of fused-ring (bicyclic) bond motifs is 1. The van der Waals surface area contributed by atoms with Crippen LogP contribution >= 0.6 is 0 Å². The van der Waals surface area contributed by atoms with Gasteiger partial charge in [-0.1, -0.05) is 18.2 Å². The number of rotatable bonds is 5. The van der Waals surface area contributed by atoms with Crippen molar-refractivity contribution in [2.75, 3.05) is 13.7 Å². The van der Waals surface area contributed by atoms with Gasteiger partial charge in [0.15, 0.2) is 0 Å². The molecule has 0 unspecified atom stereocenters. The third kappa shape index (κ3) is 3.21. The molecule has 124 valence electrons. The van der Waals surface area contributed by atoms with Crippen molar-refractivity contribution in [1.82, 2.24) is 20.3 Å². The first-order valence-electron chi connectivity index (χ1n) is 7.49. The lowest BCUT2D eigenvalue weighted by atomic mass is 10.1. The molecule has 0 saturated carbocycles. The molecule has 0 bridgehead atoms. The van der Waals surface area contributed by atoms with Crippen LogP contribution in [0.1, 0.15) is 11.1 Å². The Morgan fingerprint density at radius 2 is 1.92 bits per heavy atom. The Balaban J connectivity index is 1.95. The van der Waals surface area contributed by atoms with Crippen molar-refractivity contribution in [1.29, 1.82) is 0 Å². The van der Waals surface area contributed by atoms with E-state index in [1.165, 1.54) is 11.9 Å². The standard InChI is InChI=1S/C17H18N4O3/c1-11-7-12(9-18-16(22)10-24-2)17(23)15(8-11)21-19-13-5-3-4-6-14(13)20-21/h3-8,23H,9-10H2,1-2H3,(H,18,22). The molecule has 1 amide bonds. The SMILES string of the molecule is COCC(=O)NCc1cc(C)cc(-n2nc3ccccc3n2)c1O. The van der Waals surface area contributed by atoms with Crippen molar-refractivity contribution >= 4 is 16.9 Å². The van der Waals surface area contributed by atoms with Gasteiger partial charge in [0.05, 0.1) is 0 Å². The van der Waals surface area contributed by atoms with Crippen LogP contribution in [0.5, 0.6) is 5.75 Å². The minimum atomic E-state index is -0.247. The summed E-state index contributed by atoms with van der Waals surface area (Å²) in [6.45, 7) is 2.08. The number of phenols is 1. The van der Waals surface area contributed by atoms with Crippen LogP contribution in [-0.2, 0) is 16.1 Å². The van der Waals surface area contributed by atoms with Crippen molar-refractivity contribution in [3.63, 3.8) is 0 Å². The Labute approximate surface area is 138 Å². The highest BCUT2D eigenvalue weighted by Crippen LogP contribution is 2.27. The molecule has 7 nitrogen and oxygen atoms in total. The number of amides is 1. The maximum Gasteiger partial charge on any atom is 0.246 e. The van der Waals surface area contributed by atoms with E-state index < -0.39 is 0 Å². The number of nitrogens with zero attached hydrogens (tertiary/aromatic N) is 3. The number of ether oxygens (including phenoxy) is 1. The summed E-state index contributed by atoms with van der Waals surface area (Å²) in [6, 6.07) is 11.1. The van der Waals surface area contributed by atoms with Crippen LogP contribution in [0.15, 0.2) is 36.4 Å². The van der Waals surface area contributed by atoms with Gasteiger partial charge in [0, 0.05) is 19.2 Å². The number of methoxy groups -OCH3 is 1. The van der Waals surface area contributed by atoms with Gasteiger partial charge in [-0.3, -0.25) is 4.79 Å². The molecule has 3 rings (SSSR count). The van der Waals surface area contributed by atoms with Gasteiger partial charge in [0.1, 0.15) is 29.1 Å². The zero-order valence-corrected chi connectivity index (χ0v) is 13.5. The van der Waals surface area contributed by atoms with Crippen molar-refractivity contribution in [3.8, 4) is 11.4 Å². The topological polar surface area (TPSA) is 89.3 Å². The van der Waals surface area contributed by atoms with E-state index in [9.17, 15) is 9.90 Å². The Bertz CT molecular complexity index is 856. The van der Waals surface area contributed by atoms with Crippen LogP contribution in [0.4, 0.5) is 0 Å². The van der Waals surface area contributed by atoms with Crippen molar-refractivity contribution in [2.24, 2.45) is 0 Å². The molecule has 0 aliphatic heterocycles. The van der Waals surface area contributed by atoms with Crippen molar-refractivity contribution in [2.45, 2.75) is 13.5 Å². The highest BCUT2D eigenvalue weighted by molar-refractivity contribution is 5.77. The second-order valence-corrected chi connectivity index (χ2v) is 5.48. The third-order valence-corrected chi connectivity index (χ3v) is 3.57. The highest BCUT2D eigenvalue weighted by atomic mass is 16.5. The summed E-state index contributed by atoms with van der Waals surface area (Å²) < 4.78 is 4.77. The van der Waals surface area contributed by atoms with Crippen molar-refractivity contribution < 1.29 is 14.6 Å². The Morgan fingerprint density at radius 1 is 1.25 bits per heavy atom. The largest absolute Gasteiger partial charge is 0.505 e. The molecule has 0 spiro atoms. The zero-order chi connectivity index (χ0) is 17.1. The number of aryl methyl sites for hydroxylation is 1.